The number of nitrogens with one attached hydrogen (secondary N) is 1. The maximum Gasteiger partial charge on any atom is 0.129 e. The minimum absolute atomic E-state index is 0.323. The molecule has 0 aromatic carbocycles. The molecule has 112 valence electrons. The Bertz CT molecular complexity index is 421. The van der Waals surface area contributed by atoms with Gasteiger partial charge >= 0.3 is 0 Å². The third-order valence-electron chi connectivity index (χ3n) is 3.56. The molecule has 2 heterocycles. The minimum Gasteiger partial charge on any atom is -0.354 e. The molecule has 1 saturated heterocycles. The van der Waals surface area contributed by atoms with Crippen molar-refractivity contribution in [1.82, 2.24) is 10.3 Å². The highest BCUT2D eigenvalue weighted by molar-refractivity contribution is 8.00. The van der Waals surface area contributed by atoms with E-state index in [0.29, 0.717) is 4.75 Å². The molecule has 20 heavy (non-hydrogen) atoms. The van der Waals surface area contributed by atoms with E-state index in [1.807, 2.05) is 7.05 Å². The fourth-order valence-corrected chi connectivity index (χ4v) is 3.81. The molecule has 1 aliphatic rings. The van der Waals surface area contributed by atoms with Gasteiger partial charge in [-0.3, -0.25) is 0 Å². The molecule has 2 rings (SSSR count). The molecule has 0 amide bonds. The molecule has 1 aromatic heterocycles. The van der Waals surface area contributed by atoms with Gasteiger partial charge in [0.1, 0.15) is 5.82 Å². The number of pyridine rings is 1. The van der Waals surface area contributed by atoms with Crippen molar-refractivity contribution in [2.45, 2.75) is 44.9 Å². The predicted molar refractivity (Wildman–Crippen MR) is 89.7 cm³/mol. The van der Waals surface area contributed by atoms with Crippen LogP contribution < -0.4 is 10.2 Å². The van der Waals surface area contributed by atoms with Crippen molar-refractivity contribution in [2.75, 3.05) is 30.8 Å². The third-order valence-corrected chi connectivity index (χ3v) is 4.86. The molecular weight excluding hydrogens is 266 g/mol. The standard InChI is InChI=1S/C16H27N3S/c1-5-6-14-9-13(11-17-4)10-15(18-14)19-7-8-20-16(2,3)12-19/h9-10,17H,5-8,11-12H2,1-4H3. The molecule has 1 aliphatic heterocycles. The highest BCUT2D eigenvalue weighted by atomic mass is 32.2. The van der Waals surface area contributed by atoms with Gasteiger partial charge < -0.3 is 10.2 Å². The summed E-state index contributed by atoms with van der Waals surface area (Å²) in [6, 6.07) is 4.50. The van der Waals surface area contributed by atoms with Crippen LogP contribution in [0.5, 0.6) is 0 Å². The Morgan fingerprint density at radius 1 is 1.40 bits per heavy atom. The molecular formula is C16H27N3S. The number of thioether (sulfide) groups is 1. The molecule has 0 radical (unpaired) electrons. The van der Waals surface area contributed by atoms with Gasteiger partial charge in [-0.2, -0.15) is 11.8 Å². The van der Waals surface area contributed by atoms with Gasteiger partial charge in [-0.15, -0.1) is 0 Å². The van der Waals surface area contributed by atoms with E-state index in [4.69, 9.17) is 4.98 Å². The summed E-state index contributed by atoms with van der Waals surface area (Å²) in [5.74, 6) is 2.35. The summed E-state index contributed by atoms with van der Waals surface area (Å²) in [4.78, 5) is 7.34. The number of hydrogen-bond acceptors (Lipinski definition) is 4. The van der Waals surface area contributed by atoms with Gasteiger partial charge in [0.2, 0.25) is 0 Å². The second kappa shape index (κ2) is 6.81. The van der Waals surface area contributed by atoms with Gasteiger partial charge in [-0.05, 0) is 45.0 Å². The van der Waals surface area contributed by atoms with Crippen molar-refractivity contribution in [3.63, 3.8) is 0 Å². The molecule has 0 saturated carbocycles. The van der Waals surface area contributed by atoms with Crippen LogP contribution in [0.25, 0.3) is 0 Å². The fourth-order valence-electron chi connectivity index (χ4n) is 2.70. The predicted octanol–water partition coefficient (Wildman–Crippen LogP) is 3.09. The number of anilines is 1. The first-order valence-corrected chi connectivity index (χ1v) is 8.56. The van der Waals surface area contributed by atoms with Gasteiger partial charge in [-0.1, -0.05) is 13.3 Å². The summed E-state index contributed by atoms with van der Waals surface area (Å²) in [7, 11) is 2.00. The Hall–Kier alpha value is -0.740. The van der Waals surface area contributed by atoms with Gasteiger partial charge in [0, 0.05) is 35.8 Å². The highest BCUT2D eigenvalue weighted by Gasteiger charge is 2.27. The van der Waals surface area contributed by atoms with Crippen molar-refractivity contribution in [1.29, 1.82) is 0 Å². The van der Waals surface area contributed by atoms with Gasteiger partial charge in [0.15, 0.2) is 0 Å². The second-order valence-corrected chi connectivity index (χ2v) is 7.94. The molecule has 1 aromatic rings. The Labute approximate surface area is 127 Å². The summed E-state index contributed by atoms with van der Waals surface area (Å²) < 4.78 is 0.323. The SMILES string of the molecule is CCCc1cc(CNC)cc(N2CCSC(C)(C)C2)n1. The lowest BCUT2D eigenvalue weighted by atomic mass is 10.1. The third kappa shape index (κ3) is 4.13. The number of rotatable bonds is 5. The van der Waals surface area contributed by atoms with Crippen molar-refractivity contribution in [2.24, 2.45) is 0 Å². The van der Waals surface area contributed by atoms with Crippen LogP contribution in [-0.2, 0) is 13.0 Å². The molecule has 0 atom stereocenters. The maximum atomic E-state index is 4.88. The molecule has 0 aliphatic carbocycles. The van der Waals surface area contributed by atoms with Crippen LogP contribution in [0.2, 0.25) is 0 Å². The smallest absolute Gasteiger partial charge is 0.129 e. The first-order valence-electron chi connectivity index (χ1n) is 7.57. The van der Waals surface area contributed by atoms with E-state index < -0.39 is 0 Å². The monoisotopic (exact) mass is 293 g/mol. The van der Waals surface area contributed by atoms with Crippen molar-refractivity contribution >= 4 is 17.6 Å². The van der Waals surface area contributed by atoms with Gasteiger partial charge in [0.25, 0.3) is 0 Å². The van der Waals surface area contributed by atoms with Crippen LogP contribution in [0.3, 0.4) is 0 Å². The van der Waals surface area contributed by atoms with E-state index >= 15 is 0 Å². The average Bonchev–Trinajstić information content (AvgIpc) is 2.38. The largest absolute Gasteiger partial charge is 0.354 e. The first kappa shape index (κ1) is 15.6. The van der Waals surface area contributed by atoms with Crippen LogP contribution >= 0.6 is 11.8 Å². The quantitative estimate of drug-likeness (QED) is 0.903. The number of aromatic nitrogens is 1. The van der Waals surface area contributed by atoms with Crippen molar-refractivity contribution < 1.29 is 0 Å². The molecule has 1 N–H and O–H groups in total. The van der Waals surface area contributed by atoms with Gasteiger partial charge in [-0.25, -0.2) is 4.98 Å². The lowest BCUT2D eigenvalue weighted by Crippen LogP contribution is -2.43. The Kier molecular flexibility index (Phi) is 5.33. The molecule has 1 fully saturated rings. The minimum atomic E-state index is 0.323. The van der Waals surface area contributed by atoms with E-state index in [-0.39, 0.29) is 0 Å². The van der Waals surface area contributed by atoms with Crippen molar-refractivity contribution in [3.8, 4) is 0 Å². The van der Waals surface area contributed by atoms with Crippen LogP contribution in [0.1, 0.15) is 38.4 Å². The topological polar surface area (TPSA) is 28.2 Å². The summed E-state index contributed by atoms with van der Waals surface area (Å²) in [6.45, 7) is 9.97. The van der Waals surface area contributed by atoms with E-state index in [2.05, 4.69) is 54.9 Å². The summed E-state index contributed by atoms with van der Waals surface area (Å²) in [6.07, 6.45) is 2.22. The summed E-state index contributed by atoms with van der Waals surface area (Å²) in [5.41, 5.74) is 2.57. The Balaban J connectivity index is 2.24. The maximum absolute atomic E-state index is 4.88. The fraction of sp³-hybridized carbons (Fsp3) is 0.688. The number of hydrogen-bond donors (Lipinski definition) is 1. The first-order chi connectivity index (χ1) is 9.54. The zero-order chi connectivity index (χ0) is 14.6. The molecule has 0 spiro atoms. The zero-order valence-corrected chi connectivity index (χ0v) is 14.0. The number of nitrogens with zero attached hydrogens (tertiary/aromatic N) is 2. The second-order valence-electron chi connectivity index (χ2n) is 6.13. The Morgan fingerprint density at radius 3 is 2.85 bits per heavy atom. The lowest BCUT2D eigenvalue weighted by Gasteiger charge is -2.38. The van der Waals surface area contributed by atoms with E-state index in [1.165, 1.54) is 17.0 Å². The van der Waals surface area contributed by atoms with Crippen LogP contribution in [0, 0.1) is 0 Å². The van der Waals surface area contributed by atoms with Crippen molar-refractivity contribution in [3.05, 3.63) is 23.4 Å². The summed E-state index contributed by atoms with van der Waals surface area (Å²) in [5, 5.41) is 3.25. The number of aryl methyl sites for hydroxylation is 1. The molecule has 4 heteroatoms. The molecule has 0 unspecified atom stereocenters. The van der Waals surface area contributed by atoms with Crippen LogP contribution in [-0.4, -0.2) is 35.6 Å². The van der Waals surface area contributed by atoms with E-state index in [9.17, 15) is 0 Å². The lowest BCUT2D eigenvalue weighted by molar-refractivity contribution is 0.640. The highest BCUT2D eigenvalue weighted by Crippen LogP contribution is 2.32. The van der Waals surface area contributed by atoms with Crippen LogP contribution in [0.15, 0.2) is 12.1 Å². The van der Waals surface area contributed by atoms with Crippen LogP contribution in [0.4, 0.5) is 5.82 Å². The average molecular weight is 293 g/mol. The molecule has 0 bridgehead atoms. The van der Waals surface area contributed by atoms with E-state index in [0.717, 1.165) is 38.3 Å². The van der Waals surface area contributed by atoms with E-state index in [1.54, 1.807) is 0 Å². The normalized spacial score (nSPS) is 18.3. The molecule has 3 nitrogen and oxygen atoms in total. The summed E-state index contributed by atoms with van der Waals surface area (Å²) >= 11 is 2.07. The zero-order valence-electron chi connectivity index (χ0n) is 13.2. The van der Waals surface area contributed by atoms with Gasteiger partial charge in [0.05, 0.1) is 0 Å². The Morgan fingerprint density at radius 2 is 2.20 bits per heavy atom.